The zero-order chi connectivity index (χ0) is 13.1. The van der Waals surface area contributed by atoms with Gasteiger partial charge in [-0.2, -0.15) is 0 Å². The van der Waals surface area contributed by atoms with Gasteiger partial charge in [-0.15, -0.1) is 11.3 Å². The maximum Gasteiger partial charge on any atom is 0.265 e. The molecule has 2 heterocycles. The zero-order valence-electron chi connectivity index (χ0n) is 9.44. The molecule has 2 aromatic rings. The van der Waals surface area contributed by atoms with Gasteiger partial charge in [-0.25, -0.2) is 4.39 Å². The molecule has 1 amide bonds. The van der Waals surface area contributed by atoms with E-state index in [2.05, 4.69) is 10.3 Å². The van der Waals surface area contributed by atoms with Crippen LogP contribution in [0.2, 0.25) is 0 Å². The van der Waals surface area contributed by atoms with E-state index in [0.717, 1.165) is 17.5 Å². The van der Waals surface area contributed by atoms with Crippen molar-refractivity contribution < 1.29 is 14.0 Å². The number of rotatable bonds is 3. The highest BCUT2D eigenvalue weighted by atomic mass is 32.1. The number of Topliss-reactive ketones (excluding diaryl/α,β-unsaturated/α-hetero) is 1. The Labute approximate surface area is 106 Å². The number of anilines is 1. The van der Waals surface area contributed by atoms with Gasteiger partial charge in [0.2, 0.25) is 0 Å². The third-order valence-corrected chi connectivity index (χ3v) is 3.18. The summed E-state index contributed by atoms with van der Waals surface area (Å²) < 4.78 is 13.3. The number of carbonyl (C=O) groups is 2. The molecule has 4 nitrogen and oxygen atoms in total. The number of nitrogens with one attached hydrogen (secondary N) is 1. The molecule has 2 rings (SSSR count). The van der Waals surface area contributed by atoms with E-state index >= 15 is 0 Å². The lowest BCUT2D eigenvalue weighted by atomic mass is 10.2. The zero-order valence-corrected chi connectivity index (χ0v) is 10.3. The van der Waals surface area contributed by atoms with Crippen LogP contribution in [0, 0.1) is 5.82 Å². The maximum absolute atomic E-state index is 13.3. The van der Waals surface area contributed by atoms with Crippen LogP contribution in [-0.2, 0) is 0 Å². The molecule has 0 aliphatic carbocycles. The molecule has 1 N–H and O–H groups in total. The van der Waals surface area contributed by atoms with Crippen LogP contribution >= 0.6 is 11.3 Å². The molecule has 0 aliphatic heterocycles. The summed E-state index contributed by atoms with van der Waals surface area (Å²) in [5.74, 6) is -1.16. The van der Waals surface area contributed by atoms with E-state index in [1.807, 2.05) is 0 Å². The highest BCUT2D eigenvalue weighted by Crippen LogP contribution is 2.18. The lowest BCUT2D eigenvalue weighted by Gasteiger charge is -2.03. The molecule has 2 aromatic heterocycles. The van der Waals surface area contributed by atoms with Crippen molar-refractivity contribution in [2.45, 2.75) is 6.92 Å². The van der Waals surface area contributed by atoms with Gasteiger partial charge >= 0.3 is 0 Å². The highest BCUT2D eigenvalue weighted by Gasteiger charge is 2.13. The molecular formula is C12H9FN2O2S. The van der Waals surface area contributed by atoms with Crippen LogP contribution in [0.3, 0.4) is 0 Å². The van der Waals surface area contributed by atoms with Crippen LogP contribution in [-0.4, -0.2) is 16.7 Å². The molecule has 0 unspecified atom stereocenters. The predicted octanol–water partition coefficient (Wildman–Crippen LogP) is 2.74. The largest absolute Gasteiger partial charge is 0.319 e. The molecule has 0 radical (unpaired) electrons. The predicted molar refractivity (Wildman–Crippen MR) is 66.5 cm³/mol. The van der Waals surface area contributed by atoms with E-state index in [-0.39, 0.29) is 11.5 Å². The minimum absolute atomic E-state index is 0.0628. The third-order valence-electron chi connectivity index (χ3n) is 2.25. The van der Waals surface area contributed by atoms with Crippen molar-refractivity contribution in [3.63, 3.8) is 0 Å². The fourth-order valence-corrected chi connectivity index (χ4v) is 2.14. The first-order chi connectivity index (χ1) is 8.58. The van der Waals surface area contributed by atoms with Crippen molar-refractivity contribution in [1.82, 2.24) is 4.98 Å². The first kappa shape index (κ1) is 12.4. The molecule has 0 saturated heterocycles. The number of pyridine rings is 1. The number of carbonyl (C=O) groups excluding carboxylic acids is 2. The van der Waals surface area contributed by atoms with Gasteiger partial charge in [0.1, 0.15) is 0 Å². The Kier molecular flexibility index (Phi) is 3.47. The van der Waals surface area contributed by atoms with E-state index in [4.69, 9.17) is 0 Å². The Morgan fingerprint density at radius 1 is 1.44 bits per heavy atom. The van der Waals surface area contributed by atoms with Gasteiger partial charge < -0.3 is 5.32 Å². The fraction of sp³-hybridized carbons (Fsp3) is 0.0833. The quantitative estimate of drug-likeness (QED) is 0.867. The number of thiophene rings is 1. The van der Waals surface area contributed by atoms with E-state index in [9.17, 15) is 14.0 Å². The van der Waals surface area contributed by atoms with Crippen LogP contribution < -0.4 is 5.32 Å². The van der Waals surface area contributed by atoms with Gasteiger partial charge in [0, 0.05) is 17.1 Å². The second kappa shape index (κ2) is 5.05. The van der Waals surface area contributed by atoms with E-state index in [1.165, 1.54) is 25.3 Å². The monoisotopic (exact) mass is 264 g/mol. The second-order valence-corrected chi connectivity index (χ2v) is 4.48. The first-order valence-electron chi connectivity index (χ1n) is 5.08. The minimum atomic E-state index is -0.603. The number of halogens is 1. The van der Waals surface area contributed by atoms with Crippen molar-refractivity contribution in [2.75, 3.05) is 5.32 Å². The Balaban J connectivity index is 2.17. The van der Waals surface area contributed by atoms with Gasteiger partial charge in [-0.1, -0.05) is 0 Å². The average molecular weight is 264 g/mol. The van der Waals surface area contributed by atoms with Crippen molar-refractivity contribution >= 4 is 28.7 Å². The topological polar surface area (TPSA) is 59.1 Å². The lowest BCUT2D eigenvalue weighted by Crippen LogP contribution is -2.11. The number of ketones is 1. The van der Waals surface area contributed by atoms with Crippen LogP contribution in [0.15, 0.2) is 29.9 Å². The highest BCUT2D eigenvalue weighted by molar-refractivity contribution is 7.12. The minimum Gasteiger partial charge on any atom is -0.319 e. The van der Waals surface area contributed by atoms with Crippen molar-refractivity contribution in [3.05, 3.63) is 46.2 Å². The molecule has 0 aromatic carbocycles. The van der Waals surface area contributed by atoms with E-state index < -0.39 is 11.7 Å². The van der Waals surface area contributed by atoms with Gasteiger partial charge in [-0.3, -0.25) is 14.6 Å². The van der Waals surface area contributed by atoms with E-state index in [1.54, 1.807) is 5.38 Å². The Hall–Kier alpha value is -2.08. The summed E-state index contributed by atoms with van der Waals surface area (Å²) >= 11 is 1.14. The third kappa shape index (κ3) is 2.60. The average Bonchev–Trinajstić information content (AvgIpc) is 2.81. The summed E-state index contributed by atoms with van der Waals surface area (Å²) in [7, 11) is 0. The SMILES string of the molecule is CC(=O)c1csc(C(=O)Nc2ccncc2F)c1. The smallest absolute Gasteiger partial charge is 0.265 e. The van der Waals surface area contributed by atoms with Gasteiger partial charge in [0.15, 0.2) is 11.6 Å². The molecule has 0 saturated carbocycles. The Bertz CT molecular complexity index is 610. The summed E-state index contributed by atoms with van der Waals surface area (Å²) in [6.45, 7) is 1.42. The number of hydrogen-bond donors (Lipinski definition) is 1. The maximum atomic E-state index is 13.3. The van der Waals surface area contributed by atoms with Crippen LogP contribution in [0.5, 0.6) is 0 Å². The molecule has 0 fully saturated rings. The van der Waals surface area contributed by atoms with Gasteiger partial charge in [-0.05, 0) is 19.1 Å². The summed E-state index contributed by atoms with van der Waals surface area (Å²) in [5.41, 5.74) is 0.535. The Morgan fingerprint density at radius 2 is 2.22 bits per heavy atom. The summed E-state index contributed by atoms with van der Waals surface area (Å²) in [4.78, 5) is 26.8. The fourth-order valence-electron chi connectivity index (χ4n) is 1.30. The van der Waals surface area contributed by atoms with Crippen LogP contribution in [0.1, 0.15) is 27.0 Å². The number of aromatic nitrogens is 1. The van der Waals surface area contributed by atoms with Crippen LogP contribution in [0.4, 0.5) is 10.1 Å². The van der Waals surface area contributed by atoms with Crippen LogP contribution in [0.25, 0.3) is 0 Å². The van der Waals surface area contributed by atoms with Gasteiger partial charge in [0.25, 0.3) is 5.91 Å². The summed E-state index contributed by atoms with van der Waals surface area (Å²) in [5, 5.41) is 4.02. The van der Waals surface area contributed by atoms with Crippen molar-refractivity contribution in [3.8, 4) is 0 Å². The number of nitrogens with zero attached hydrogens (tertiary/aromatic N) is 1. The van der Waals surface area contributed by atoms with Gasteiger partial charge in [0.05, 0.1) is 16.8 Å². The molecule has 92 valence electrons. The first-order valence-corrected chi connectivity index (χ1v) is 5.96. The molecule has 0 bridgehead atoms. The molecule has 0 spiro atoms. The molecule has 0 atom stereocenters. The number of amides is 1. The normalized spacial score (nSPS) is 10.1. The lowest BCUT2D eigenvalue weighted by molar-refractivity contribution is 0.101. The van der Waals surface area contributed by atoms with E-state index in [0.29, 0.717) is 10.4 Å². The summed E-state index contributed by atoms with van der Waals surface area (Å²) in [6, 6.07) is 2.86. The molecule has 6 heteroatoms. The molecule has 0 aliphatic rings. The standard InChI is InChI=1S/C12H9FN2O2S/c1-7(16)8-4-11(18-6-8)12(17)15-10-2-3-14-5-9(10)13/h2-6H,1H3,(H,14,15,17). The number of hydrogen-bond acceptors (Lipinski definition) is 4. The van der Waals surface area contributed by atoms with Crippen molar-refractivity contribution in [1.29, 1.82) is 0 Å². The van der Waals surface area contributed by atoms with Crippen molar-refractivity contribution in [2.24, 2.45) is 0 Å². The molecular weight excluding hydrogens is 255 g/mol. The molecule has 18 heavy (non-hydrogen) atoms. The summed E-state index contributed by atoms with van der Waals surface area (Å²) in [6.07, 6.45) is 2.40. The Morgan fingerprint density at radius 3 is 2.83 bits per heavy atom. The second-order valence-electron chi connectivity index (χ2n) is 3.57.